The number of rotatable bonds is 0. The first-order valence-corrected chi connectivity index (χ1v) is 15.5. The van der Waals surface area contributed by atoms with Crippen LogP contribution in [-0.2, 0) is 0 Å². The topological polar surface area (TPSA) is 0 Å². The minimum Gasteiger partial charge on any atom is -0.0436 e. The first-order valence-electron chi connectivity index (χ1n) is 5.78. The molecule has 0 saturated carbocycles. The summed E-state index contributed by atoms with van der Waals surface area (Å²) in [6, 6.07) is 2.36. The van der Waals surface area contributed by atoms with Crippen molar-refractivity contribution < 1.29 is 0 Å². The van der Waals surface area contributed by atoms with Gasteiger partial charge in [0, 0.05) is 48.3 Å². The third-order valence-electron chi connectivity index (χ3n) is 3.33. The van der Waals surface area contributed by atoms with E-state index in [1.54, 1.807) is 0 Å². The number of hydrogen-bond acceptors (Lipinski definition) is 0. The fourth-order valence-electron chi connectivity index (χ4n) is 2.32. The Morgan fingerprint density at radius 2 is 0.783 bits per heavy atom. The van der Waals surface area contributed by atoms with Crippen LogP contribution in [0.5, 0.6) is 0 Å². The molecule has 120 valence electrons. The summed E-state index contributed by atoms with van der Waals surface area (Å²) >= 11 is 22.5. The summed E-state index contributed by atoms with van der Waals surface area (Å²) in [6.07, 6.45) is 0. The van der Waals surface area contributed by atoms with E-state index in [0.29, 0.717) is 0 Å². The molecule has 0 aliphatic rings. The molecule has 0 unspecified atom stereocenters. The summed E-state index contributed by atoms with van der Waals surface area (Å²) in [5, 5.41) is 5.60. The van der Waals surface area contributed by atoms with Gasteiger partial charge in [0.05, 0.1) is 0 Å². The Morgan fingerprint density at radius 1 is 0.391 bits per heavy atom. The van der Waals surface area contributed by atoms with Crippen LogP contribution < -0.4 is 0 Å². The van der Waals surface area contributed by atoms with E-state index in [9.17, 15) is 0 Å². The quantitative estimate of drug-likeness (QED) is 0.0912. The van der Waals surface area contributed by atoms with Crippen molar-refractivity contribution in [3.8, 4) is 0 Å². The molecule has 0 saturated heterocycles. The molecule has 0 atom stereocenters. The van der Waals surface area contributed by atoms with E-state index in [1.165, 1.54) is 53.7 Å². The van der Waals surface area contributed by atoms with Crippen molar-refractivity contribution in [2.45, 2.75) is 0 Å². The van der Waals surface area contributed by atoms with Gasteiger partial charge < -0.3 is 0 Å². The van der Waals surface area contributed by atoms with Crippen molar-refractivity contribution in [2.75, 3.05) is 0 Å². The lowest BCUT2D eigenvalue weighted by Crippen LogP contribution is -2.01. The average Bonchev–Trinajstić information content (AvgIpc) is 2.53. The summed E-state index contributed by atoms with van der Waals surface area (Å²) in [7, 11) is 0. The minimum absolute atomic E-state index is 1.34. The van der Waals surface area contributed by atoms with E-state index in [1.807, 2.05) is 0 Å². The lowest BCUT2D eigenvalue weighted by atomic mass is 10.0. The Bertz CT molecular complexity index is 1010. The van der Waals surface area contributed by atoms with E-state index in [2.05, 4.69) is 209 Å². The molecule has 0 radical (unpaired) electrons. The second-order valence-electron chi connectivity index (χ2n) is 4.54. The van der Waals surface area contributed by atoms with Crippen LogP contribution in [0.15, 0.2) is 6.07 Å². The molecule has 0 spiro atoms. The SMILES string of the molecule is Ic1c(I)c(I)c2c(cc(I)c3c(I)c(I)c(I)c(I)c32)c1I. The number of hydrogen-bond donors (Lipinski definition) is 0. The summed E-state index contributed by atoms with van der Waals surface area (Å²) in [5.74, 6) is 0. The highest BCUT2D eigenvalue weighted by molar-refractivity contribution is 14.1. The van der Waals surface area contributed by atoms with Gasteiger partial charge in [-0.1, -0.05) is 0 Å². The molecule has 0 N–H and O–H groups in total. The highest BCUT2D eigenvalue weighted by Crippen LogP contribution is 2.44. The van der Waals surface area contributed by atoms with Crippen molar-refractivity contribution in [1.29, 1.82) is 0 Å². The van der Waals surface area contributed by atoms with Crippen LogP contribution in [0.2, 0.25) is 0 Å². The Labute approximate surface area is 256 Å². The first kappa shape index (κ1) is 22.4. The highest BCUT2D eigenvalue weighted by atomic mass is 127. The third kappa shape index (κ3) is 3.91. The van der Waals surface area contributed by atoms with Crippen LogP contribution in [0, 0.1) is 32.1 Å². The summed E-state index contributed by atoms with van der Waals surface area (Å²) in [6.45, 7) is 0. The maximum Gasteiger partial charge on any atom is 0.0415 e. The van der Waals surface area contributed by atoms with Gasteiger partial charge in [-0.05, 0) is 215 Å². The smallest absolute Gasteiger partial charge is 0.0415 e. The van der Waals surface area contributed by atoms with Gasteiger partial charge in [-0.25, -0.2) is 0 Å². The molecule has 3 aromatic carbocycles. The second kappa shape index (κ2) is 8.86. The summed E-state index contributed by atoms with van der Waals surface area (Å²) in [5.41, 5.74) is 0. The van der Waals surface area contributed by atoms with Gasteiger partial charge in [0.2, 0.25) is 0 Å². The van der Waals surface area contributed by atoms with E-state index >= 15 is 0 Å². The van der Waals surface area contributed by atoms with Gasteiger partial charge in [-0.2, -0.15) is 0 Å². The molecule has 0 amide bonds. The Hall–Kier alpha value is 4.75. The number of benzene rings is 3. The van der Waals surface area contributed by atoms with Crippen molar-refractivity contribution in [3.05, 3.63) is 38.2 Å². The van der Waals surface area contributed by atoms with Crippen LogP contribution in [0.1, 0.15) is 0 Å². The molecule has 0 fully saturated rings. The zero-order valence-corrected chi connectivity index (χ0v) is 29.9. The maximum atomic E-state index is 2.53. The molecule has 0 aliphatic carbocycles. The van der Waals surface area contributed by atoms with Gasteiger partial charge in [0.25, 0.3) is 0 Å². The predicted molar refractivity (Wildman–Crippen MR) is 176 cm³/mol. The van der Waals surface area contributed by atoms with Crippen LogP contribution in [0.25, 0.3) is 21.5 Å². The zero-order valence-electron chi connectivity index (χ0n) is 10.5. The fourth-order valence-corrected chi connectivity index (χ4v) is 11.1. The van der Waals surface area contributed by atoms with Crippen LogP contribution >= 0.6 is 203 Å². The molecule has 0 aliphatic heterocycles. The fraction of sp³-hybridized carbons (Fsp3) is 0. The van der Waals surface area contributed by atoms with Crippen molar-refractivity contribution in [3.63, 3.8) is 0 Å². The van der Waals surface area contributed by atoms with Crippen molar-refractivity contribution in [2.24, 2.45) is 0 Å². The number of halogens is 9. The van der Waals surface area contributed by atoms with Crippen LogP contribution in [0.4, 0.5) is 0 Å². The Balaban J connectivity index is 2.80. The van der Waals surface area contributed by atoms with Gasteiger partial charge in [0.15, 0.2) is 0 Å². The average molecular weight is 1310 g/mol. The zero-order chi connectivity index (χ0) is 17.2. The third-order valence-corrected chi connectivity index (χ3v) is 19.0. The molecular weight excluding hydrogens is 1310 g/mol. The largest absolute Gasteiger partial charge is 0.0436 e. The monoisotopic (exact) mass is 1310 g/mol. The molecule has 0 heterocycles. The molecule has 0 aromatic heterocycles. The van der Waals surface area contributed by atoms with E-state index in [4.69, 9.17) is 0 Å². The molecule has 3 rings (SSSR count). The maximum absolute atomic E-state index is 2.53. The van der Waals surface area contributed by atoms with E-state index in [-0.39, 0.29) is 0 Å². The van der Waals surface area contributed by atoms with Crippen molar-refractivity contribution in [1.82, 2.24) is 0 Å². The Kier molecular flexibility index (Phi) is 8.64. The van der Waals surface area contributed by atoms with Gasteiger partial charge in [-0.15, -0.1) is 0 Å². The predicted octanol–water partition coefficient (Wildman–Crippen LogP) is 9.43. The van der Waals surface area contributed by atoms with E-state index in [0.717, 1.165) is 0 Å². The normalized spacial score (nSPS) is 11.7. The highest BCUT2D eigenvalue weighted by Gasteiger charge is 2.22. The molecule has 0 nitrogen and oxygen atoms in total. The molecular formula is C14HI9. The minimum atomic E-state index is 1.34. The second-order valence-corrected chi connectivity index (χ2v) is 14.3. The lowest BCUT2D eigenvalue weighted by molar-refractivity contribution is 1.51. The van der Waals surface area contributed by atoms with E-state index < -0.39 is 0 Å². The molecule has 9 heteroatoms. The van der Waals surface area contributed by atoms with Gasteiger partial charge in [0.1, 0.15) is 0 Å². The van der Waals surface area contributed by atoms with Crippen LogP contribution in [-0.4, -0.2) is 0 Å². The molecule has 3 aromatic rings. The molecule has 23 heavy (non-hydrogen) atoms. The standard InChI is InChI=1S/C14HI9/c15-3-1-2-4(8(17)12(21)11(20)7(2)16)6-5(3)9(18)13(22)14(23)10(6)19/h1H. The number of fused-ring (bicyclic) bond motifs is 3. The first-order chi connectivity index (χ1) is 10.7. The van der Waals surface area contributed by atoms with Crippen LogP contribution in [0.3, 0.4) is 0 Å². The van der Waals surface area contributed by atoms with Gasteiger partial charge >= 0.3 is 0 Å². The lowest BCUT2D eigenvalue weighted by Gasteiger charge is -2.17. The molecule has 0 bridgehead atoms. The summed E-state index contributed by atoms with van der Waals surface area (Å²) in [4.78, 5) is 0. The summed E-state index contributed by atoms with van der Waals surface area (Å²) < 4.78 is 12.3. The van der Waals surface area contributed by atoms with Crippen molar-refractivity contribution >= 4 is 225 Å². The Morgan fingerprint density at radius 3 is 1.30 bits per heavy atom. The van der Waals surface area contributed by atoms with Gasteiger partial charge in [-0.3, -0.25) is 0 Å².